The first-order valence-electron chi connectivity index (χ1n) is 3.11. The third-order valence-electron chi connectivity index (χ3n) is 1.40. The molecule has 0 atom stereocenters. The van der Waals surface area contributed by atoms with Crippen LogP contribution in [0.15, 0.2) is 11.1 Å². The minimum absolute atomic E-state index is 0.169. The number of fused-ring (bicyclic) bond motifs is 1. The number of nitrogens with one attached hydrogen (secondary N) is 1. The molecule has 12 heavy (non-hydrogen) atoms. The van der Waals surface area contributed by atoms with Gasteiger partial charge in [0.25, 0.3) is 0 Å². The number of imidazole rings is 1. The molecule has 0 aliphatic heterocycles. The average molecular weight is 278 g/mol. The Kier molecular flexibility index (Phi) is 1.79. The molecule has 0 aliphatic rings. The van der Waals surface area contributed by atoms with Gasteiger partial charge in [0, 0.05) is 0 Å². The van der Waals surface area contributed by atoms with Crippen LogP contribution < -0.4 is 27.0 Å². The normalized spacial score (nSPS) is 11.1. The minimum atomic E-state index is -0.281. The standard InChI is InChI=1S/C5H5IN5O/c1-6-11-2-7-3-4(11)8-10-9-5(3)12/h2H,1H3,(H,8,9,12)/q-1. The van der Waals surface area contributed by atoms with Crippen molar-refractivity contribution in [2.75, 3.05) is 4.93 Å². The van der Waals surface area contributed by atoms with Crippen molar-refractivity contribution in [1.82, 2.24) is 23.2 Å². The number of aromatic amines is 1. The molecule has 0 fully saturated rings. The first-order chi connectivity index (χ1) is 5.83. The quantitative estimate of drug-likeness (QED) is 0.426. The van der Waals surface area contributed by atoms with Crippen LogP contribution in [0.3, 0.4) is 0 Å². The van der Waals surface area contributed by atoms with Crippen molar-refractivity contribution in [3.63, 3.8) is 0 Å². The number of halogens is 1. The first-order valence-corrected chi connectivity index (χ1v) is 6.23. The second-order valence-corrected chi connectivity index (χ2v) is 4.04. The average Bonchev–Trinajstić information content (AvgIpc) is 2.49. The zero-order chi connectivity index (χ0) is 8.55. The van der Waals surface area contributed by atoms with Gasteiger partial charge in [-0.3, -0.25) is 0 Å². The van der Waals surface area contributed by atoms with Crippen LogP contribution in [0.5, 0.6) is 0 Å². The summed E-state index contributed by atoms with van der Waals surface area (Å²) in [7, 11) is 0. The molecule has 0 spiro atoms. The van der Waals surface area contributed by atoms with Gasteiger partial charge in [0.1, 0.15) is 0 Å². The summed E-state index contributed by atoms with van der Waals surface area (Å²) in [5.41, 5.74) is 0.664. The van der Waals surface area contributed by atoms with Crippen molar-refractivity contribution in [2.24, 2.45) is 0 Å². The molecule has 0 amide bonds. The fraction of sp³-hybridized carbons (Fsp3) is 0.200. The monoisotopic (exact) mass is 278 g/mol. The van der Waals surface area contributed by atoms with Crippen LogP contribution >= 0.6 is 0 Å². The Morgan fingerprint density at radius 2 is 2.50 bits per heavy atom. The van der Waals surface area contributed by atoms with E-state index in [1.54, 1.807) is 6.33 Å². The van der Waals surface area contributed by atoms with Crippen LogP contribution in [0.4, 0.5) is 0 Å². The van der Waals surface area contributed by atoms with Gasteiger partial charge < -0.3 is 0 Å². The van der Waals surface area contributed by atoms with E-state index >= 15 is 0 Å². The van der Waals surface area contributed by atoms with Crippen LogP contribution in [0.2, 0.25) is 0 Å². The molecule has 0 aromatic carbocycles. The first kappa shape index (κ1) is 7.65. The second-order valence-electron chi connectivity index (χ2n) is 2.04. The molecule has 0 saturated carbocycles. The van der Waals surface area contributed by atoms with E-state index in [2.05, 4.69) is 25.3 Å². The van der Waals surface area contributed by atoms with Gasteiger partial charge in [0.05, 0.1) is 0 Å². The van der Waals surface area contributed by atoms with Crippen molar-refractivity contribution in [3.8, 4) is 0 Å². The van der Waals surface area contributed by atoms with Crippen molar-refractivity contribution in [3.05, 3.63) is 16.7 Å². The molecule has 6 nitrogen and oxygen atoms in total. The molecule has 0 saturated heterocycles. The Hall–Kier alpha value is -0.990. The number of nitrogens with zero attached hydrogens (tertiary/aromatic N) is 4. The summed E-state index contributed by atoms with van der Waals surface area (Å²) in [6.45, 7) is 0. The van der Waals surface area contributed by atoms with Crippen LogP contribution in [0, 0.1) is 0 Å². The molecule has 0 radical (unpaired) electrons. The maximum absolute atomic E-state index is 11.1. The Bertz CT molecular complexity index is 460. The number of aromatic nitrogens is 5. The zero-order valence-corrected chi connectivity index (χ0v) is 8.31. The van der Waals surface area contributed by atoms with Crippen molar-refractivity contribution >= 4 is 11.2 Å². The van der Waals surface area contributed by atoms with E-state index in [1.807, 2.05) is 2.78 Å². The van der Waals surface area contributed by atoms with E-state index in [-0.39, 0.29) is 27.0 Å². The fourth-order valence-corrected chi connectivity index (χ4v) is 2.02. The van der Waals surface area contributed by atoms with E-state index < -0.39 is 0 Å². The Balaban J connectivity index is 2.89. The van der Waals surface area contributed by atoms with Crippen LogP contribution in [0.1, 0.15) is 0 Å². The van der Waals surface area contributed by atoms with Gasteiger partial charge in [-0.2, -0.15) is 0 Å². The van der Waals surface area contributed by atoms with Crippen LogP contribution in [0.25, 0.3) is 11.2 Å². The molecule has 64 valence electrons. The zero-order valence-electron chi connectivity index (χ0n) is 6.15. The SMILES string of the molecule is C[I-]n1cnc2c(=O)[nH]nnc21. The molecule has 0 bridgehead atoms. The third kappa shape index (κ3) is 1.00. The van der Waals surface area contributed by atoms with Crippen molar-refractivity contribution in [1.29, 1.82) is 0 Å². The summed E-state index contributed by atoms with van der Waals surface area (Å²) in [4.78, 5) is 17.1. The van der Waals surface area contributed by atoms with Gasteiger partial charge in [-0.25, -0.2) is 0 Å². The predicted octanol–water partition coefficient (Wildman–Crippen LogP) is -4.00. The van der Waals surface area contributed by atoms with Gasteiger partial charge in [-0.05, 0) is 0 Å². The summed E-state index contributed by atoms with van der Waals surface area (Å²) >= 11 is -0.169. The number of rotatable bonds is 1. The molecule has 2 aromatic rings. The van der Waals surface area contributed by atoms with E-state index in [9.17, 15) is 4.79 Å². The summed E-state index contributed by atoms with van der Waals surface area (Å²) in [5, 5.41) is 9.49. The van der Waals surface area contributed by atoms with Gasteiger partial charge in [0.15, 0.2) is 0 Å². The van der Waals surface area contributed by atoms with Crippen LogP contribution in [-0.2, 0) is 0 Å². The number of H-pyrrole nitrogens is 1. The third-order valence-corrected chi connectivity index (χ3v) is 3.14. The molecular weight excluding hydrogens is 273 g/mol. The number of hydrogen-bond acceptors (Lipinski definition) is 4. The number of hydrogen-bond donors (Lipinski definition) is 1. The Morgan fingerprint density at radius 1 is 1.67 bits per heavy atom. The van der Waals surface area contributed by atoms with Crippen LogP contribution in [-0.4, -0.2) is 28.1 Å². The maximum atomic E-state index is 11.1. The van der Waals surface area contributed by atoms with E-state index in [0.717, 1.165) is 0 Å². The molecule has 2 heterocycles. The van der Waals surface area contributed by atoms with Gasteiger partial charge >= 0.3 is 77.4 Å². The summed E-state index contributed by atoms with van der Waals surface area (Å²) in [6.07, 6.45) is 1.63. The van der Waals surface area contributed by atoms with Gasteiger partial charge in [-0.1, -0.05) is 0 Å². The summed E-state index contributed by atoms with van der Waals surface area (Å²) in [5.74, 6) is 0. The van der Waals surface area contributed by atoms with Gasteiger partial charge in [-0.15, -0.1) is 0 Å². The van der Waals surface area contributed by atoms with Gasteiger partial charge in [0.2, 0.25) is 0 Å². The van der Waals surface area contributed by atoms with Crippen molar-refractivity contribution < 1.29 is 21.5 Å². The van der Waals surface area contributed by atoms with E-state index in [0.29, 0.717) is 11.2 Å². The predicted molar refractivity (Wildman–Crippen MR) is 37.3 cm³/mol. The molecule has 1 N–H and O–H groups in total. The second kappa shape index (κ2) is 2.81. The molecule has 2 aromatic heterocycles. The molecule has 0 unspecified atom stereocenters. The van der Waals surface area contributed by atoms with Crippen molar-refractivity contribution in [2.45, 2.75) is 0 Å². The topological polar surface area (TPSA) is 76.5 Å². The Morgan fingerprint density at radius 3 is 3.25 bits per heavy atom. The molecule has 0 aliphatic carbocycles. The van der Waals surface area contributed by atoms with E-state index in [4.69, 9.17) is 0 Å². The fourth-order valence-electron chi connectivity index (χ4n) is 0.867. The molecule has 2 rings (SSSR count). The Labute approximate surface area is 77.6 Å². The summed E-state index contributed by atoms with van der Waals surface area (Å²) < 4.78 is 1.87. The molecule has 7 heteroatoms. The number of alkyl halides is 1. The summed E-state index contributed by atoms with van der Waals surface area (Å²) in [6, 6.07) is 0. The van der Waals surface area contributed by atoms with E-state index in [1.165, 1.54) is 0 Å². The molecular formula is C5H5IN5O-.